The van der Waals surface area contributed by atoms with Crippen molar-refractivity contribution in [3.05, 3.63) is 0 Å². The van der Waals surface area contributed by atoms with E-state index >= 15 is 0 Å². The average Bonchev–Trinajstić information content (AvgIpc) is 2.97. The summed E-state index contributed by atoms with van der Waals surface area (Å²) in [7, 11) is 0. The standard InChI is InChI=1S/C17H32N2O/c1-2-18-15(14-7-4-3-5-8-14)13-19-11-12-20-17-10-6-9-16(17)19/h14-18H,2-13H2,1H3. The van der Waals surface area contributed by atoms with Crippen molar-refractivity contribution >= 4 is 0 Å². The molecule has 1 aliphatic heterocycles. The zero-order valence-corrected chi connectivity index (χ0v) is 13.2. The van der Waals surface area contributed by atoms with Gasteiger partial charge in [-0.05, 0) is 44.6 Å². The molecular weight excluding hydrogens is 248 g/mol. The summed E-state index contributed by atoms with van der Waals surface area (Å²) in [6.45, 7) is 6.72. The highest BCUT2D eigenvalue weighted by atomic mass is 16.5. The minimum Gasteiger partial charge on any atom is -0.375 e. The van der Waals surface area contributed by atoms with E-state index in [0.717, 1.165) is 25.6 Å². The third-order valence-corrected chi connectivity index (χ3v) is 5.71. The van der Waals surface area contributed by atoms with Crippen LogP contribution in [0.1, 0.15) is 58.3 Å². The van der Waals surface area contributed by atoms with Crippen LogP contribution in [0.5, 0.6) is 0 Å². The Bertz CT molecular complexity index is 291. The molecule has 2 aliphatic carbocycles. The van der Waals surface area contributed by atoms with Gasteiger partial charge >= 0.3 is 0 Å². The molecule has 1 heterocycles. The molecule has 3 nitrogen and oxygen atoms in total. The van der Waals surface area contributed by atoms with E-state index in [-0.39, 0.29) is 0 Å². The van der Waals surface area contributed by atoms with E-state index < -0.39 is 0 Å². The maximum absolute atomic E-state index is 5.96. The second-order valence-electron chi connectivity index (χ2n) is 6.96. The molecule has 0 radical (unpaired) electrons. The first-order chi connectivity index (χ1) is 9.88. The number of hydrogen-bond donors (Lipinski definition) is 1. The first-order valence-electron chi connectivity index (χ1n) is 8.97. The Kier molecular flexibility index (Phi) is 5.36. The Morgan fingerprint density at radius 1 is 1.10 bits per heavy atom. The Hall–Kier alpha value is -0.120. The molecule has 0 aromatic rings. The molecule has 3 unspecified atom stereocenters. The summed E-state index contributed by atoms with van der Waals surface area (Å²) < 4.78 is 5.96. The molecule has 1 saturated heterocycles. The van der Waals surface area contributed by atoms with Gasteiger partial charge in [0.2, 0.25) is 0 Å². The molecule has 3 aliphatic rings. The van der Waals surface area contributed by atoms with Gasteiger partial charge in [0, 0.05) is 25.2 Å². The van der Waals surface area contributed by atoms with E-state index in [0.29, 0.717) is 18.2 Å². The van der Waals surface area contributed by atoms with Crippen LogP contribution in [0.4, 0.5) is 0 Å². The molecule has 0 aromatic carbocycles. The largest absolute Gasteiger partial charge is 0.375 e. The lowest BCUT2D eigenvalue weighted by Gasteiger charge is -2.42. The zero-order chi connectivity index (χ0) is 13.8. The van der Waals surface area contributed by atoms with Crippen molar-refractivity contribution in [2.45, 2.75) is 76.5 Å². The SMILES string of the molecule is CCNC(CN1CCOC2CCCC21)C1CCCCC1. The van der Waals surface area contributed by atoms with Gasteiger partial charge in [-0.3, -0.25) is 4.90 Å². The molecule has 0 spiro atoms. The van der Waals surface area contributed by atoms with Gasteiger partial charge in [-0.15, -0.1) is 0 Å². The fourth-order valence-electron chi connectivity index (χ4n) is 4.66. The minimum absolute atomic E-state index is 0.539. The van der Waals surface area contributed by atoms with Crippen molar-refractivity contribution in [3.63, 3.8) is 0 Å². The number of morpholine rings is 1. The van der Waals surface area contributed by atoms with E-state index in [1.165, 1.54) is 57.9 Å². The fraction of sp³-hybridized carbons (Fsp3) is 1.00. The fourth-order valence-corrected chi connectivity index (χ4v) is 4.66. The number of nitrogens with one attached hydrogen (secondary N) is 1. The van der Waals surface area contributed by atoms with Gasteiger partial charge in [0.05, 0.1) is 12.7 Å². The van der Waals surface area contributed by atoms with Crippen LogP contribution in [-0.2, 0) is 4.74 Å². The number of hydrogen-bond acceptors (Lipinski definition) is 3. The van der Waals surface area contributed by atoms with E-state index in [2.05, 4.69) is 17.1 Å². The summed E-state index contributed by atoms with van der Waals surface area (Å²) >= 11 is 0. The first kappa shape index (κ1) is 14.8. The maximum Gasteiger partial charge on any atom is 0.0730 e. The molecule has 0 amide bonds. The highest BCUT2D eigenvalue weighted by Gasteiger charge is 2.37. The second kappa shape index (κ2) is 7.24. The van der Waals surface area contributed by atoms with Crippen LogP contribution < -0.4 is 5.32 Å². The number of nitrogens with zero attached hydrogens (tertiary/aromatic N) is 1. The van der Waals surface area contributed by atoms with Crippen LogP contribution in [0.2, 0.25) is 0 Å². The van der Waals surface area contributed by atoms with Crippen molar-refractivity contribution in [1.29, 1.82) is 0 Å². The molecule has 3 rings (SSSR count). The molecule has 116 valence electrons. The van der Waals surface area contributed by atoms with Crippen molar-refractivity contribution in [2.24, 2.45) is 5.92 Å². The van der Waals surface area contributed by atoms with Crippen LogP contribution in [0.3, 0.4) is 0 Å². The second-order valence-corrected chi connectivity index (χ2v) is 6.96. The predicted molar refractivity (Wildman–Crippen MR) is 83.0 cm³/mol. The van der Waals surface area contributed by atoms with Crippen molar-refractivity contribution < 1.29 is 4.74 Å². The van der Waals surface area contributed by atoms with Gasteiger partial charge in [0.1, 0.15) is 0 Å². The van der Waals surface area contributed by atoms with Gasteiger partial charge in [0.25, 0.3) is 0 Å². The van der Waals surface area contributed by atoms with E-state index in [9.17, 15) is 0 Å². The molecular formula is C17H32N2O. The quantitative estimate of drug-likeness (QED) is 0.838. The smallest absolute Gasteiger partial charge is 0.0730 e. The Balaban J connectivity index is 1.59. The molecule has 1 N–H and O–H groups in total. The molecule has 2 saturated carbocycles. The third kappa shape index (κ3) is 3.37. The highest BCUT2D eigenvalue weighted by molar-refractivity contribution is 4.92. The molecule has 3 heteroatoms. The molecule has 3 fully saturated rings. The van der Waals surface area contributed by atoms with E-state index in [1.54, 1.807) is 0 Å². The lowest BCUT2D eigenvalue weighted by molar-refractivity contribution is -0.0604. The van der Waals surface area contributed by atoms with Gasteiger partial charge in [-0.25, -0.2) is 0 Å². The van der Waals surface area contributed by atoms with Crippen molar-refractivity contribution in [3.8, 4) is 0 Å². The molecule has 0 bridgehead atoms. The van der Waals surface area contributed by atoms with Gasteiger partial charge in [-0.2, -0.15) is 0 Å². The predicted octanol–water partition coefficient (Wildman–Crippen LogP) is 2.80. The third-order valence-electron chi connectivity index (χ3n) is 5.71. The van der Waals surface area contributed by atoms with Crippen LogP contribution in [0.25, 0.3) is 0 Å². The lowest BCUT2D eigenvalue weighted by Crippen LogP contribution is -2.54. The van der Waals surface area contributed by atoms with Crippen molar-refractivity contribution in [2.75, 3.05) is 26.2 Å². The van der Waals surface area contributed by atoms with Crippen LogP contribution >= 0.6 is 0 Å². The minimum atomic E-state index is 0.539. The van der Waals surface area contributed by atoms with Gasteiger partial charge in [-0.1, -0.05) is 26.2 Å². The van der Waals surface area contributed by atoms with Gasteiger partial charge in [0.15, 0.2) is 0 Å². The number of fused-ring (bicyclic) bond motifs is 1. The number of ether oxygens (including phenoxy) is 1. The topological polar surface area (TPSA) is 24.5 Å². The van der Waals surface area contributed by atoms with Gasteiger partial charge < -0.3 is 10.1 Å². The monoisotopic (exact) mass is 280 g/mol. The summed E-state index contributed by atoms with van der Waals surface area (Å²) in [5, 5.41) is 3.80. The molecule has 20 heavy (non-hydrogen) atoms. The Morgan fingerprint density at radius 2 is 1.95 bits per heavy atom. The van der Waals surface area contributed by atoms with Crippen LogP contribution in [-0.4, -0.2) is 49.3 Å². The Labute approximate surface area is 124 Å². The van der Waals surface area contributed by atoms with Crippen molar-refractivity contribution in [1.82, 2.24) is 10.2 Å². The number of likely N-dealkylation sites (N-methyl/N-ethyl adjacent to an activating group) is 1. The summed E-state index contributed by atoms with van der Waals surface area (Å²) in [5.41, 5.74) is 0. The van der Waals surface area contributed by atoms with E-state index in [4.69, 9.17) is 4.74 Å². The lowest BCUT2D eigenvalue weighted by atomic mass is 9.83. The molecule has 3 atom stereocenters. The van der Waals surface area contributed by atoms with Crippen LogP contribution in [0.15, 0.2) is 0 Å². The first-order valence-corrected chi connectivity index (χ1v) is 8.97. The summed E-state index contributed by atoms with van der Waals surface area (Å²) in [6, 6.07) is 1.42. The highest BCUT2D eigenvalue weighted by Crippen LogP contribution is 2.32. The zero-order valence-electron chi connectivity index (χ0n) is 13.2. The number of rotatable bonds is 5. The maximum atomic E-state index is 5.96. The Morgan fingerprint density at radius 3 is 2.75 bits per heavy atom. The average molecular weight is 280 g/mol. The normalized spacial score (nSPS) is 34.0. The summed E-state index contributed by atoms with van der Waals surface area (Å²) in [5.74, 6) is 0.909. The van der Waals surface area contributed by atoms with E-state index in [1.807, 2.05) is 0 Å². The summed E-state index contributed by atoms with van der Waals surface area (Å²) in [6.07, 6.45) is 11.8. The molecule has 0 aromatic heterocycles. The summed E-state index contributed by atoms with van der Waals surface area (Å²) in [4.78, 5) is 2.75. The van der Waals surface area contributed by atoms with Crippen LogP contribution in [0, 0.1) is 5.92 Å².